The minimum Gasteiger partial charge on any atom is -0.508 e. The van der Waals surface area contributed by atoms with E-state index in [9.17, 15) is 9.90 Å². The zero-order valence-electron chi connectivity index (χ0n) is 11.5. The van der Waals surface area contributed by atoms with Gasteiger partial charge >= 0.3 is 5.97 Å². The average molecular weight is 268 g/mol. The molecule has 0 aliphatic carbocycles. The van der Waals surface area contributed by atoms with E-state index >= 15 is 0 Å². The lowest BCUT2D eigenvalue weighted by atomic mass is 10.0. The van der Waals surface area contributed by atoms with Crippen LogP contribution in [-0.2, 0) is 20.6 Å². The van der Waals surface area contributed by atoms with Crippen molar-refractivity contribution in [1.29, 1.82) is 0 Å². The van der Waals surface area contributed by atoms with E-state index in [1.165, 1.54) is 25.3 Å². The van der Waals surface area contributed by atoms with E-state index in [4.69, 9.17) is 14.2 Å². The third-order valence-electron chi connectivity index (χ3n) is 2.59. The van der Waals surface area contributed by atoms with E-state index in [1.54, 1.807) is 0 Å². The lowest BCUT2D eigenvalue weighted by molar-refractivity contribution is -0.134. The van der Waals surface area contributed by atoms with Crippen molar-refractivity contribution in [3.63, 3.8) is 0 Å². The van der Waals surface area contributed by atoms with Crippen LogP contribution in [0.15, 0.2) is 18.2 Å². The van der Waals surface area contributed by atoms with Crippen molar-refractivity contribution in [2.75, 3.05) is 20.3 Å². The first-order chi connectivity index (χ1) is 9.12. The second-order valence-electron chi connectivity index (χ2n) is 3.88. The maximum Gasteiger partial charge on any atom is 0.338 e. The van der Waals surface area contributed by atoms with Crippen LogP contribution < -0.4 is 0 Å². The van der Waals surface area contributed by atoms with Crippen LogP contribution >= 0.6 is 0 Å². The minimum atomic E-state index is -0.444. The highest BCUT2D eigenvalue weighted by Gasteiger charge is 2.17. The van der Waals surface area contributed by atoms with Crippen LogP contribution in [0.4, 0.5) is 0 Å². The molecule has 0 saturated heterocycles. The predicted molar refractivity (Wildman–Crippen MR) is 70.2 cm³/mol. The van der Waals surface area contributed by atoms with Gasteiger partial charge in [-0.2, -0.15) is 0 Å². The van der Waals surface area contributed by atoms with Crippen molar-refractivity contribution in [3.8, 4) is 5.75 Å². The Morgan fingerprint density at radius 2 is 1.89 bits per heavy atom. The van der Waals surface area contributed by atoms with Crippen LogP contribution in [0.25, 0.3) is 0 Å². The SMILES string of the molecule is CCOC(Cc1cc(O)ccc1C(=O)OC)OCC. The number of carbonyl (C=O) groups is 1. The third-order valence-corrected chi connectivity index (χ3v) is 2.59. The molecule has 0 saturated carbocycles. The number of hydrogen-bond donors (Lipinski definition) is 1. The van der Waals surface area contributed by atoms with Crippen LogP contribution in [0.3, 0.4) is 0 Å². The van der Waals surface area contributed by atoms with Gasteiger partial charge in [0.1, 0.15) is 5.75 Å². The first-order valence-corrected chi connectivity index (χ1v) is 6.25. The van der Waals surface area contributed by atoms with Gasteiger partial charge in [-0.25, -0.2) is 4.79 Å². The number of ether oxygens (including phenoxy) is 3. The van der Waals surface area contributed by atoms with Crippen molar-refractivity contribution in [3.05, 3.63) is 29.3 Å². The minimum absolute atomic E-state index is 0.0920. The van der Waals surface area contributed by atoms with Crippen LogP contribution in [0.2, 0.25) is 0 Å². The summed E-state index contributed by atoms with van der Waals surface area (Å²) in [6, 6.07) is 4.51. The maximum atomic E-state index is 11.7. The average Bonchev–Trinajstić information content (AvgIpc) is 2.38. The molecule has 19 heavy (non-hydrogen) atoms. The Morgan fingerprint density at radius 1 is 1.26 bits per heavy atom. The number of phenols is 1. The molecule has 0 spiro atoms. The highest BCUT2D eigenvalue weighted by atomic mass is 16.7. The van der Waals surface area contributed by atoms with E-state index in [2.05, 4.69) is 0 Å². The van der Waals surface area contributed by atoms with E-state index in [1.807, 2.05) is 13.8 Å². The molecule has 106 valence electrons. The van der Waals surface area contributed by atoms with Gasteiger partial charge in [0.25, 0.3) is 0 Å². The molecular formula is C14H20O5. The van der Waals surface area contributed by atoms with Gasteiger partial charge < -0.3 is 19.3 Å². The number of esters is 1. The fourth-order valence-electron chi connectivity index (χ4n) is 1.78. The molecule has 0 aliphatic heterocycles. The Balaban J connectivity index is 2.96. The van der Waals surface area contributed by atoms with Crippen LogP contribution in [0.1, 0.15) is 29.8 Å². The van der Waals surface area contributed by atoms with Gasteiger partial charge in [0.2, 0.25) is 0 Å². The Hall–Kier alpha value is -1.59. The van der Waals surface area contributed by atoms with Crippen molar-refractivity contribution in [2.24, 2.45) is 0 Å². The summed E-state index contributed by atoms with van der Waals surface area (Å²) < 4.78 is 15.6. The smallest absolute Gasteiger partial charge is 0.338 e. The maximum absolute atomic E-state index is 11.7. The molecular weight excluding hydrogens is 248 g/mol. The van der Waals surface area contributed by atoms with E-state index < -0.39 is 12.3 Å². The molecule has 0 atom stereocenters. The van der Waals surface area contributed by atoms with E-state index in [0.717, 1.165) is 0 Å². The predicted octanol–water partition coefficient (Wildman–Crippen LogP) is 2.12. The molecule has 0 aromatic heterocycles. The highest BCUT2D eigenvalue weighted by Crippen LogP contribution is 2.20. The van der Waals surface area contributed by atoms with Gasteiger partial charge in [0.15, 0.2) is 6.29 Å². The van der Waals surface area contributed by atoms with Gasteiger partial charge in [-0.15, -0.1) is 0 Å². The molecule has 0 unspecified atom stereocenters. The Kier molecular flexibility index (Phi) is 6.32. The number of carbonyl (C=O) groups excluding carboxylic acids is 1. The second-order valence-corrected chi connectivity index (χ2v) is 3.88. The van der Waals surface area contributed by atoms with Crippen molar-refractivity contribution in [1.82, 2.24) is 0 Å². The Morgan fingerprint density at radius 3 is 2.42 bits per heavy atom. The first-order valence-electron chi connectivity index (χ1n) is 6.25. The summed E-state index contributed by atoms with van der Waals surface area (Å²) in [6.45, 7) is 4.76. The normalized spacial score (nSPS) is 10.7. The molecule has 0 amide bonds. The molecule has 5 nitrogen and oxygen atoms in total. The third kappa shape index (κ3) is 4.54. The standard InChI is InChI=1S/C14H20O5/c1-4-18-13(19-5-2)9-10-8-11(15)6-7-12(10)14(16)17-3/h6-8,13,15H,4-5,9H2,1-3H3. The van der Waals surface area contributed by atoms with E-state index in [0.29, 0.717) is 30.8 Å². The van der Waals surface area contributed by atoms with Gasteiger partial charge in [0, 0.05) is 19.6 Å². The number of aromatic hydroxyl groups is 1. The van der Waals surface area contributed by atoms with Crippen molar-refractivity contribution < 1.29 is 24.1 Å². The number of methoxy groups -OCH3 is 1. The molecule has 5 heteroatoms. The second kappa shape index (κ2) is 7.76. The summed E-state index contributed by atoms with van der Waals surface area (Å²) in [4.78, 5) is 11.7. The molecule has 0 bridgehead atoms. The van der Waals surface area contributed by atoms with Gasteiger partial charge in [-0.05, 0) is 37.6 Å². The molecule has 0 fully saturated rings. The van der Waals surface area contributed by atoms with Crippen LogP contribution in [-0.4, -0.2) is 37.7 Å². The molecule has 1 aromatic rings. The Labute approximate surface area is 113 Å². The van der Waals surface area contributed by atoms with Crippen molar-refractivity contribution >= 4 is 5.97 Å². The van der Waals surface area contributed by atoms with Gasteiger partial charge in [-0.3, -0.25) is 0 Å². The summed E-state index contributed by atoms with van der Waals surface area (Å²) >= 11 is 0. The molecule has 1 aromatic carbocycles. The molecule has 0 radical (unpaired) electrons. The fourth-order valence-corrected chi connectivity index (χ4v) is 1.78. The van der Waals surface area contributed by atoms with Gasteiger partial charge in [-0.1, -0.05) is 0 Å². The number of phenolic OH excluding ortho intramolecular Hbond substituents is 1. The largest absolute Gasteiger partial charge is 0.508 e. The van der Waals surface area contributed by atoms with Crippen LogP contribution in [0, 0.1) is 0 Å². The molecule has 0 aliphatic rings. The van der Waals surface area contributed by atoms with Gasteiger partial charge in [0.05, 0.1) is 12.7 Å². The lowest BCUT2D eigenvalue weighted by Crippen LogP contribution is -2.21. The number of benzene rings is 1. The summed E-state index contributed by atoms with van der Waals surface area (Å²) in [5, 5.41) is 9.53. The molecule has 1 N–H and O–H groups in total. The lowest BCUT2D eigenvalue weighted by Gasteiger charge is -2.18. The Bertz CT molecular complexity index is 410. The fraction of sp³-hybridized carbons (Fsp3) is 0.500. The molecule has 0 heterocycles. The monoisotopic (exact) mass is 268 g/mol. The topological polar surface area (TPSA) is 65.0 Å². The first kappa shape index (κ1) is 15.5. The van der Waals surface area contributed by atoms with E-state index in [-0.39, 0.29) is 5.75 Å². The molecule has 1 rings (SSSR count). The zero-order chi connectivity index (χ0) is 14.3. The summed E-state index contributed by atoms with van der Waals surface area (Å²) in [7, 11) is 1.32. The highest BCUT2D eigenvalue weighted by molar-refractivity contribution is 5.91. The number of hydrogen-bond acceptors (Lipinski definition) is 5. The summed E-state index contributed by atoms with van der Waals surface area (Å²) in [5.74, 6) is -0.351. The zero-order valence-corrected chi connectivity index (χ0v) is 11.5. The summed E-state index contributed by atoms with van der Waals surface area (Å²) in [6.07, 6.45) is -0.0687. The number of rotatable bonds is 7. The summed E-state index contributed by atoms with van der Waals surface area (Å²) in [5.41, 5.74) is 1.04. The van der Waals surface area contributed by atoms with Crippen molar-refractivity contribution in [2.45, 2.75) is 26.6 Å². The van der Waals surface area contributed by atoms with Crippen LogP contribution in [0.5, 0.6) is 5.75 Å². The quantitative estimate of drug-likeness (QED) is 0.606.